The number of benzene rings is 2. The predicted molar refractivity (Wildman–Crippen MR) is 113 cm³/mol. The quantitative estimate of drug-likeness (QED) is 0.737. The Morgan fingerprint density at radius 1 is 1.00 bits per heavy atom. The Hall–Kier alpha value is -3.41. The highest BCUT2D eigenvalue weighted by Gasteiger charge is 2.20. The average Bonchev–Trinajstić information content (AvgIpc) is 3.38. The molecule has 0 radical (unpaired) electrons. The van der Waals surface area contributed by atoms with E-state index in [1.165, 1.54) is 5.56 Å². The monoisotopic (exact) mass is 388 g/mol. The summed E-state index contributed by atoms with van der Waals surface area (Å²) in [4.78, 5) is 27.2. The van der Waals surface area contributed by atoms with Crippen LogP contribution < -0.4 is 5.32 Å². The lowest BCUT2D eigenvalue weighted by atomic mass is 10.1. The molecule has 148 valence electrons. The van der Waals surface area contributed by atoms with E-state index in [9.17, 15) is 9.59 Å². The summed E-state index contributed by atoms with van der Waals surface area (Å²) in [6.07, 6.45) is 2.09. The van der Waals surface area contributed by atoms with E-state index in [-0.39, 0.29) is 11.8 Å². The third kappa shape index (κ3) is 4.06. The topological polar surface area (TPSA) is 67.2 Å². The predicted octanol–water partition coefficient (Wildman–Crippen LogP) is 3.88. The number of likely N-dealkylation sites (tertiary alicyclic amines) is 1. The van der Waals surface area contributed by atoms with Gasteiger partial charge in [0.2, 0.25) is 0 Å². The molecule has 1 saturated heterocycles. The van der Waals surface area contributed by atoms with Crippen molar-refractivity contribution in [2.24, 2.45) is 7.05 Å². The minimum Gasteiger partial charge on any atom is -0.339 e. The first-order valence-electron chi connectivity index (χ1n) is 9.83. The van der Waals surface area contributed by atoms with Crippen LogP contribution in [0.5, 0.6) is 0 Å². The van der Waals surface area contributed by atoms with E-state index in [0.717, 1.165) is 37.2 Å². The normalized spacial score (nSPS) is 13.5. The minimum absolute atomic E-state index is 0.0121. The van der Waals surface area contributed by atoms with Crippen LogP contribution in [0, 0.1) is 6.92 Å². The lowest BCUT2D eigenvalue weighted by Gasteiger charge is -2.15. The molecular weight excluding hydrogens is 364 g/mol. The zero-order valence-electron chi connectivity index (χ0n) is 16.7. The first kappa shape index (κ1) is 18.9. The number of hydrogen-bond acceptors (Lipinski definition) is 3. The Kier molecular flexibility index (Phi) is 5.16. The Balaban J connectivity index is 1.51. The van der Waals surface area contributed by atoms with Crippen LogP contribution in [-0.4, -0.2) is 39.6 Å². The molecule has 1 aromatic heterocycles. The van der Waals surface area contributed by atoms with Crippen molar-refractivity contribution < 1.29 is 9.59 Å². The largest absolute Gasteiger partial charge is 0.339 e. The van der Waals surface area contributed by atoms with Gasteiger partial charge in [0.15, 0.2) is 5.69 Å². The van der Waals surface area contributed by atoms with Crippen molar-refractivity contribution >= 4 is 17.5 Å². The van der Waals surface area contributed by atoms with Crippen LogP contribution in [0.1, 0.15) is 39.3 Å². The van der Waals surface area contributed by atoms with Gasteiger partial charge in [0.05, 0.1) is 5.69 Å². The highest BCUT2D eigenvalue weighted by Crippen LogP contribution is 2.21. The number of aromatic nitrogens is 2. The van der Waals surface area contributed by atoms with Crippen LogP contribution in [0.15, 0.2) is 54.6 Å². The molecule has 6 heteroatoms. The Morgan fingerprint density at radius 2 is 1.72 bits per heavy atom. The van der Waals surface area contributed by atoms with Gasteiger partial charge in [-0.3, -0.25) is 14.3 Å². The molecule has 2 heterocycles. The molecule has 0 atom stereocenters. The van der Waals surface area contributed by atoms with E-state index in [2.05, 4.69) is 10.4 Å². The molecule has 4 rings (SSSR count). The number of nitrogens with zero attached hydrogens (tertiary/aromatic N) is 3. The molecule has 0 aliphatic carbocycles. The van der Waals surface area contributed by atoms with Gasteiger partial charge in [-0.15, -0.1) is 0 Å². The fourth-order valence-electron chi connectivity index (χ4n) is 3.60. The Labute approximate surface area is 170 Å². The summed E-state index contributed by atoms with van der Waals surface area (Å²) in [5.74, 6) is -0.289. The molecule has 1 fully saturated rings. The molecular formula is C23H24N4O2. The fraction of sp³-hybridized carbons (Fsp3) is 0.261. The highest BCUT2D eigenvalue weighted by atomic mass is 16.2. The van der Waals surface area contributed by atoms with Gasteiger partial charge in [0, 0.05) is 31.4 Å². The van der Waals surface area contributed by atoms with Crippen molar-refractivity contribution in [3.05, 3.63) is 71.4 Å². The summed E-state index contributed by atoms with van der Waals surface area (Å²) in [6.45, 7) is 3.63. The highest BCUT2D eigenvalue weighted by molar-refractivity contribution is 6.04. The average molecular weight is 388 g/mol. The van der Waals surface area contributed by atoms with Crippen LogP contribution >= 0.6 is 0 Å². The summed E-state index contributed by atoms with van der Waals surface area (Å²) in [6, 6.07) is 16.9. The van der Waals surface area contributed by atoms with Crippen LogP contribution in [0.2, 0.25) is 0 Å². The second-order valence-electron chi connectivity index (χ2n) is 7.44. The maximum atomic E-state index is 12.7. The molecule has 0 bridgehead atoms. The smallest absolute Gasteiger partial charge is 0.276 e. The van der Waals surface area contributed by atoms with Crippen LogP contribution in [0.3, 0.4) is 0 Å². The number of hydrogen-bond donors (Lipinski definition) is 1. The van der Waals surface area contributed by atoms with Crippen molar-refractivity contribution in [2.45, 2.75) is 19.8 Å². The minimum atomic E-state index is -0.301. The second-order valence-corrected chi connectivity index (χ2v) is 7.44. The third-order valence-electron chi connectivity index (χ3n) is 5.22. The Bertz CT molecular complexity index is 1050. The van der Waals surface area contributed by atoms with Gasteiger partial charge in [0.25, 0.3) is 11.8 Å². The summed E-state index contributed by atoms with van der Waals surface area (Å²) in [5, 5.41) is 7.22. The van der Waals surface area contributed by atoms with E-state index >= 15 is 0 Å². The van der Waals surface area contributed by atoms with Gasteiger partial charge in [-0.25, -0.2) is 0 Å². The van der Waals surface area contributed by atoms with Gasteiger partial charge in [-0.1, -0.05) is 35.9 Å². The number of carbonyl (C=O) groups excluding carboxylic acids is 2. The van der Waals surface area contributed by atoms with Crippen molar-refractivity contribution in [3.63, 3.8) is 0 Å². The molecule has 0 unspecified atom stereocenters. The van der Waals surface area contributed by atoms with E-state index in [0.29, 0.717) is 16.9 Å². The zero-order valence-corrected chi connectivity index (χ0v) is 16.7. The summed E-state index contributed by atoms with van der Waals surface area (Å²) in [5.41, 5.74) is 4.56. The van der Waals surface area contributed by atoms with E-state index in [4.69, 9.17) is 0 Å². The van der Waals surface area contributed by atoms with Crippen molar-refractivity contribution in [1.82, 2.24) is 14.7 Å². The van der Waals surface area contributed by atoms with Gasteiger partial charge >= 0.3 is 0 Å². The van der Waals surface area contributed by atoms with Crippen molar-refractivity contribution in [3.8, 4) is 11.3 Å². The SMILES string of the molecule is Cc1ccc(-c2cc(C(=O)Nc3cccc(C(=O)N4CCCC4)c3)nn2C)cc1. The first-order chi connectivity index (χ1) is 14.0. The zero-order chi connectivity index (χ0) is 20.4. The number of amides is 2. The number of anilines is 1. The number of rotatable bonds is 4. The van der Waals surface area contributed by atoms with Crippen LogP contribution in [0.25, 0.3) is 11.3 Å². The van der Waals surface area contributed by atoms with Crippen molar-refractivity contribution in [2.75, 3.05) is 18.4 Å². The van der Waals surface area contributed by atoms with Gasteiger partial charge in [0.1, 0.15) is 0 Å². The van der Waals surface area contributed by atoms with Gasteiger partial charge in [-0.2, -0.15) is 5.10 Å². The molecule has 2 aromatic carbocycles. The molecule has 1 aliphatic rings. The van der Waals surface area contributed by atoms with E-state index in [1.54, 1.807) is 35.0 Å². The lowest BCUT2D eigenvalue weighted by Crippen LogP contribution is -2.27. The summed E-state index contributed by atoms with van der Waals surface area (Å²) in [7, 11) is 1.82. The van der Waals surface area contributed by atoms with Gasteiger partial charge < -0.3 is 10.2 Å². The number of carbonyl (C=O) groups is 2. The molecule has 1 N–H and O–H groups in total. The van der Waals surface area contributed by atoms with E-state index in [1.807, 2.05) is 43.1 Å². The molecule has 2 amide bonds. The molecule has 3 aromatic rings. The number of nitrogens with one attached hydrogen (secondary N) is 1. The van der Waals surface area contributed by atoms with Crippen LogP contribution in [0.4, 0.5) is 5.69 Å². The molecule has 0 saturated carbocycles. The first-order valence-corrected chi connectivity index (χ1v) is 9.83. The van der Waals surface area contributed by atoms with Crippen LogP contribution in [-0.2, 0) is 7.05 Å². The second kappa shape index (κ2) is 7.91. The maximum absolute atomic E-state index is 12.7. The van der Waals surface area contributed by atoms with E-state index < -0.39 is 0 Å². The molecule has 6 nitrogen and oxygen atoms in total. The molecule has 29 heavy (non-hydrogen) atoms. The fourth-order valence-corrected chi connectivity index (χ4v) is 3.60. The lowest BCUT2D eigenvalue weighted by molar-refractivity contribution is 0.0792. The van der Waals surface area contributed by atoms with Crippen molar-refractivity contribution in [1.29, 1.82) is 0 Å². The van der Waals surface area contributed by atoms with Gasteiger partial charge in [-0.05, 0) is 49.6 Å². The maximum Gasteiger partial charge on any atom is 0.276 e. The standard InChI is InChI=1S/C23H24N4O2/c1-16-8-10-17(11-9-16)21-15-20(25-26(21)2)22(28)24-19-7-5-6-18(14-19)23(29)27-12-3-4-13-27/h5-11,14-15H,3-4,12-13H2,1-2H3,(H,24,28). The summed E-state index contributed by atoms with van der Waals surface area (Å²) >= 11 is 0. The summed E-state index contributed by atoms with van der Waals surface area (Å²) < 4.78 is 1.70. The third-order valence-corrected chi connectivity index (χ3v) is 5.22. The number of aryl methyl sites for hydroxylation is 2. The molecule has 0 spiro atoms. The molecule has 1 aliphatic heterocycles. The Morgan fingerprint density at radius 3 is 2.45 bits per heavy atom.